The molecular formula is C7H9NO4. The molecule has 0 amide bonds. The van der Waals surface area contributed by atoms with Gasteiger partial charge >= 0.3 is 5.97 Å². The molecule has 1 aliphatic heterocycles. The molecule has 66 valence electrons. The van der Waals surface area contributed by atoms with Crippen molar-refractivity contribution < 1.29 is 19.5 Å². The molecule has 0 aliphatic carbocycles. The molecule has 0 saturated carbocycles. The summed E-state index contributed by atoms with van der Waals surface area (Å²) in [6.07, 6.45) is 1.45. The number of aliphatic hydroxyl groups excluding tert-OH is 1. The molecule has 0 aromatic carbocycles. The Morgan fingerprint density at radius 2 is 2.58 bits per heavy atom. The van der Waals surface area contributed by atoms with Gasteiger partial charge in [-0.3, -0.25) is 0 Å². The Morgan fingerprint density at radius 3 is 3.17 bits per heavy atom. The topological polar surface area (TPSA) is 68.1 Å². The Balaban J connectivity index is 2.82. The number of carbonyl (C=O) groups is 1. The summed E-state index contributed by atoms with van der Waals surface area (Å²) < 4.78 is 4.67. The second kappa shape index (κ2) is 3.87. The number of esters is 1. The monoisotopic (exact) mass is 171 g/mol. The van der Waals surface area contributed by atoms with E-state index in [1.807, 2.05) is 0 Å². The number of ether oxygens (including phenoxy) is 1. The Morgan fingerprint density at radius 1 is 1.83 bits per heavy atom. The quantitative estimate of drug-likeness (QED) is 0.447. The Labute approximate surface area is 69.3 Å². The number of nitrogens with zero attached hydrogens (tertiary/aromatic N) is 1. The molecule has 0 bridgehead atoms. The molecule has 5 heteroatoms. The van der Waals surface area contributed by atoms with Crippen molar-refractivity contribution in [2.45, 2.75) is 0 Å². The molecule has 5 nitrogen and oxygen atoms in total. The molecule has 0 spiro atoms. The van der Waals surface area contributed by atoms with E-state index in [1.54, 1.807) is 0 Å². The van der Waals surface area contributed by atoms with Crippen molar-refractivity contribution in [1.82, 2.24) is 0 Å². The predicted molar refractivity (Wildman–Crippen MR) is 40.6 cm³/mol. The largest absolute Gasteiger partial charge is 0.456 e. The van der Waals surface area contributed by atoms with Crippen LogP contribution < -0.4 is 0 Å². The maximum atomic E-state index is 10.9. The minimum absolute atomic E-state index is 0.0767. The number of rotatable bonds is 2. The third kappa shape index (κ3) is 1.82. The normalized spacial score (nSPS) is 20.3. The molecule has 0 saturated heterocycles. The summed E-state index contributed by atoms with van der Waals surface area (Å²) in [6, 6.07) is 0. The van der Waals surface area contributed by atoms with Gasteiger partial charge in [0.25, 0.3) is 0 Å². The smallest absolute Gasteiger partial charge is 0.360 e. The fraction of sp³-hybridized carbons (Fsp3) is 0.429. The van der Waals surface area contributed by atoms with Crippen molar-refractivity contribution in [3.63, 3.8) is 0 Å². The van der Waals surface area contributed by atoms with E-state index in [2.05, 4.69) is 14.7 Å². The van der Waals surface area contributed by atoms with Crippen LogP contribution in [0.25, 0.3) is 0 Å². The van der Waals surface area contributed by atoms with Crippen molar-refractivity contribution in [3.8, 4) is 0 Å². The highest BCUT2D eigenvalue weighted by Crippen LogP contribution is 2.04. The average Bonchev–Trinajstić information content (AvgIpc) is 2.09. The number of carbonyl (C=O) groups excluding carboxylic acids is 1. The molecule has 0 aromatic rings. The third-order valence-electron chi connectivity index (χ3n) is 1.33. The first-order valence-corrected chi connectivity index (χ1v) is 3.36. The van der Waals surface area contributed by atoms with Crippen LogP contribution in [0.4, 0.5) is 0 Å². The Hall–Kier alpha value is -1.36. The van der Waals surface area contributed by atoms with E-state index in [9.17, 15) is 4.79 Å². The van der Waals surface area contributed by atoms with Crippen molar-refractivity contribution in [3.05, 3.63) is 11.6 Å². The standard InChI is InChI=1S/C7H9NO4/c1-11-8-6-2-5(3-9)4-12-7(6)10/h2,9H,3-4H2,1H3. The van der Waals surface area contributed by atoms with Gasteiger partial charge in [0, 0.05) is 0 Å². The van der Waals surface area contributed by atoms with E-state index in [-0.39, 0.29) is 18.9 Å². The third-order valence-corrected chi connectivity index (χ3v) is 1.33. The zero-order valence-electron chi connectivity index (χ0n) is 6.61. The van der Waals surface area contributed by atoms with Crippen LogP contribution in [0.3, 0.4) is 0 Å². The van der Waals surface area contributed by atoms with E-state index >= 15 is 0 Å². The van der Waals surface area contributed by atoms with Gasteiger partial charge in [-0.05, 0) is 11.6 Å². The molecule has 0 atom stereocenters. The summed E-state index contributed by atoms with van der Waals surface area (Å²) >= 11 is 0. The average molecular weight is 171 g/mol. The van der Waals surface area contributed by atoms with E-state index in [4.69, 9.17) is 5.11 Å². The van der Waals surface area contributed by atoms with Gasteiger partial charge in [0.1, 0.15) is 13.7 Å². The van der Waals surface area contributed by atoms with Crippen LogP contribution in [0, 0.1) is 0 Å². The van der Waals surface area contributed by atoms with Gasteiger partial charge in [-0.15, -0.1) is 0 Å². The molecule has 1 N–H and O–H groups in total. The highest BCUT2D eigenvalue weighted by Gasteiger charge is 2.18. The van der Waals surface area contributed by atoms with Crippen molar-refractivity contribution in [2.24, 2.45) is 5.16 Å². The van der Waals surface area contributed by atoms with E-state index in [0.29, 0.717) is 5.57 Å². The predicted octanol–water partition coefficient (Wildman–Crippen LogP) is -0.536. The van der Waals surface area contributed by atoms with E-state index in [1.165, 1.54) is 13.2 Å². The summed E-state index contributed by atoms with van der Waals surface area (Å²) in [5.41, 5.74) is 0.679. The number of aliphatic hydroxyl groups is 1. The van der Waals surface area contributed by atoms with Crippen LogP contribution in [-0.4, -0.2) is 37.1 Å². The molecule has 1 heterocycles. The first kappa shape index (κ1) is 8.73. The number of hydrogen-bond donors (Lipinski definition) is 1. The minimum Gasteiger partial charge on any atom is -0.456 e. The van der Waals surface area contributed by atoms with Gasteiger partial charge in [0.05, 0.1) is 6.61 Å². The van der Waals surface area contributed by atoms with Crippen LogP contribution in [0.15, 0.2) is 16.8 Å². The first-order chi connectivity index (χ1) is 5.77. The molecule has 0 fully saturated rings. The molecule has 0 radical (unpaired) electrons. The molecular weight excluding hydrogens is 162 g/mol. The Bertz CT molecular complexity index is 244. The summed E-state index contributed by atoms with van der Waals surface area (Å²) in [5.74, 6) is -0.533. The van der Waals surface area contributed by atoms with E-state index in [0.717, 1.165) is 0 Å². The Kier molecular flexibility index (Phi) is 2.82. The molecule has 12 heavy (non-hydrogen) atoms. The lowest BCUT2D eigenvalue weighted by atomic mass is 10.2. The summed E-state index contributed by atoms with van der Waals surface area (Å²) in [7, 11) is 1.33. The number of oxime groups is 1. The maximum absolute atomic E-state index is 10.9. The van der Waals surface area contributed by atoms with Crippen LogP contribution in [0.5, 0.6) is 0 Å². The summed E-state index contributed by atoms with van der Waals surface area (Å²) in [4.78, 5) is 15.3. The summed E-state index contributed by atoms with van der Waals surface area (Å²) in [5, 5.41) is 12.1. The second-order valence-corrected chi connectivity index (χ2v) is 2.20. The highest BCUT2D eigenvalue weighted by atomic mass is 16.6. The van der Waals surface area contributed by atoms with Crippen LogP contribution >= 0.6 is 0 Å². The van der Waals surface area contributed by atoms with Crippen molar-refractivity contribution in [2.75, 3.05) is 20.3 Å². The zero-order valence-corrected chi connectivity index (χ0v) is 6.61. The molecule has 1 rings (SSSR count). The highest BCUT2D eigenvalue weighted by molar-refractivity contribution is 6.41. The fourth-order valence-electron chi connectivity index (χ4n) is 0.779. The molecule has 0 aromatic heterocycles. The lowest BCUT2D eigenvalue weighted by Crippen LogP contribution is -2.24. The molecule has 1 aliphatic rings. The number of cyclic esters (lactones) is 1. The zero-order chi connectivity index (χ0) is 8.97. The summed E-state index contributed by atoms with van der Waals surface area (Å²) in [6.45, 7) is -0.0198. The van der Waals surface area contributed by atoms with Crippen LogP contribution in [0.1, 0.15) is 0 Å². The van der Waals surface area contributed by atoms with Crippen molar-refractivity contribution >= 4 is 11.7 Å². The molecule has 0 unspecified atom stereocenters. The lowest BCUT2D eigenvalue weighted by Gasteiger charge is -2.11. The minimum atomic E-state index is -0.533. The van der Waals surface area contributed by atoms with E-state index < -0.39 is 5.97 Å². The van der Waals surface area contributed by atoms with Crippen LogP contribution in [0.2, 0.25) is 0 Å². The maximum Gasteiger partial charge on any atom is 0.360 e. The SMILES string of the molecule is CON=C1C=C(CO)COC1=O. The number of hydrogen-bond acceptors (Lipinski definition) is 5. The van der Waals surface area contributed by atoms with Gasteiger partial charge in [0.15, 0.2) is 5.71 Å². The fourth-order valence-corrected chi connectivity index (χ4v) is 0.779. The lowest BCUT2D eigenvalue weighted by molar-refractivity contribution is -0.135. The van der Waals surface area contributed by atoms with Crippen LogP contribution in [-0.2, 0) is 14.4 Å². The second-order valence-electron chi connectivity index (χ2n) is 2.20. The first-order valence-electron chi connectivity index (χ1n) is 3.36. The van der Waals surface area contributed by atoms with Gasteiger partial charge in [0.2, 0.25) is 0 Å². The van der Waals surface area contributed by atoms with Gasteiger partial charge in [-0.1, -0.05) is 5.16 Å². The van der Waals surface area contributed by atoms with Gasteiger partial charge in [-0.25, -0.2) is 4.79 Å². The van der Waals surface area contributed by atoms with Crippen molar-refractivity contribution in [1.29, 1.82) is 0 Å². The van der Waals surface area contributed by atoms with Gasteiger partial charge in [-0.2, -0.15) is 0 Å². The van der Waals surface area contributed by atoms with Gasteiger partial charge < -0.3 is 14.7 Å².